The first-order valence-corrected chi connectivity index (χ1v) is 9.98. The lowest BCUT2D eigenvalue weighted by Crippen LogP contribution is -2.45. The zero-order chi connectivity index (χ0) is 20.5. The third-order valence-electron chi connectivity index (χ3n) is 5.59. The highest BCUT2D eigenvalue weighted by molar-refractivity contribution is 5.95. The Bertz CT molecular complexity index is 1050. The normalized spacial score (nSPS) is 20.7. The van der Waals surface area contributed by atoms with Crippen LogP contribution in [-0.2, 0) is 6.54 Å². The van der Waals surface area contributed by atoms with E-state index in [-0.39, 0.29) is 24.0 Å². The molecule has 1 aliphatic carbocycles. The van der Waals surface area contributed by atoms with E-state index in [0.717, 1.165) is 24.2 Å². The lowest BCUT2D eigenvalue weighted by molar-refractivity contribution is 0.0887. The van der Waals surface area contributed by atoms with Gasteiger partial charge in [-0.05, 0) is 31.0 Å². The largest absolute Gasteiger partial charge is 0.349 e. The molecule has 2 aromatic heterocycles. The van der Waals surface area contributed by atoms with Gasteiger partial charge in [0.25, 0.3) is 5.91 Å². The molecule has 1 saturated heterocycles. The summed E-state index contributed by atoms with van der Waals surface area (Å²) < 4.78 is 3.70. The average Bonchev–Trinajstić information content (AvgIpc) is 3.48. The summed E-state index contributed by atoms with van der Waals surface area (Å²) in [6.45, 7) is 1.82. The van der Waals surface area contributed by atoms with Crippen LogP contribution in [0.1, 0.15) is 34.9 Å². The first-order valence-electron chi connectivity index (χ1n) is 9.98. The number of hydrogen-bond donors (Lipinski definition) is 2. The van der Waals surface area contributed by atoms with Crippen LogP contribution < -0.4 is 10.6 Å². The van der Waals surface area contributed by atoms with Crippen LogP contribution in [-0.4, -0.2) is 60.5 Å². The van der Waals surface area contributed by atoms with E-state index in [2.05, 4.69) is 25.9 Å². The van der Waals surface area contributed by atoms with Crippen LogP contribution in [0.25, 0.3) is 5.69 Å². The van der Waals surface area contributed by atoms with Crippen LogP contribution in [0.4, 0.5) is 4.79 Å². The van der Waals surface area contributed by atoms with Crippen molar-refractivity contribution >= 4 is 11.9 Å². The summed E-state index contributed by atoms with van der Waals surface area (Å²) in [7, 11) is 0. The minimum absolute atomic E-state index is 0.0620. The number of rotatable bonds is 6. The first kappa shape index (κ1) is 18.3. The van der Waals surface area contributed by atoms with Gasteiger partial charge in [0.1, 0.15) is 5.69 Å². The summed E-state index contributed by atoms with van der Waals surface area (Å²) in [6, 6.07) is 7.72. The van der Waals surface area contributed by atoms with Crippen molar-refractivity contribution in [3.63, 3.8) is 0 Å². The maximum atomic E-state index is 12.6. The van der Waals surface area contributed by atoms with Gasteiger partial charge in [0.05, 0.1) is 25.1 Å². The van der Waals surface area contributed by atoms with Gasteiger partial charge in [0, 0.05) is 42.8 Å². The lowest BCUT2D eigenvalue weighted by atomic mass is 9.86. The summed E-state index contributed by atoms with van der Waals surface area (Å²) >= 11 is 0. The van der Waals surface area contributed by atoms with Gasteiger partial charge in [-0.25, -0.2) is 14.5 Å². The summed E-state index contributed by atoms with van der Waals surface area (Å²) in [4.78, 5) is 30.0. The monoisotopic (exact) mass is 406 g/mol. The van der Waals surface area contributed by atoms with E-state index >= 15 is 0 Å². The van der Waals surface area contributed by atoms with Crippen LogP contribution in [0.3, 0.4) is 0 Å². The van der Waals surface area contributed by atoms with E-state index in [1.807, 2.05) is 45.9 Å². The quantitative estimate of drug-likeness (QED) is 0.638. The van der Waals surface area contributed by atoms with Gasteiger partial charge in [-0.2, -0.15) is 0 Å². The summed E-state index contributed by atoms with van der Waals surface area (Å²) in [5.74, 6) is -0.0836. The number of urea groups is 1. The Kier molecular flexibility index (Phi) is 4.66. The Hall–Kier alpha value is -3.69. The standard InChI is InChI=1S/C20H22N8O2/c29-19(14-2-1-3-17(8-14)27-6-4-21-13-27)23-15-9-18(10-15)28-12-16(24-25-28)11-26-7-5-22-20(26)30/h1-4,6,8,12-13,15,18H,5,7,9-11H2,(H,22,30)(H,23,29). The number of hydrogen-bond acceptors (Lipinski definition) is 5. The topological polar surface area (TPSA) is 110 Å². The van der Waals surface area contributed by atoms with E-state index in [4.69, 9.17) is 0 Å². The summed E-state index contributed by atoms with van der Waals surface area (Å²) in [5.41, 5.74) is 2.29. The summed E-state index contributed by atoms with van der Waals surface area (Å²) in [6.07, 6.45) is 8.76. The number of nitrogens with one attached hydrogen (secondary N) is 2. The minimum Gasteiger partial charge on any atom is -0.349 e. The second-order valence-electron chi connectivity index (χ2n) is 7.66. The Balaban J connectivity index is 1.15. The number of aromatic nitrogens is 5. The zero-order valence-electron chi connectivity index (χ0n) is 16.3. The van der Waals surface area contributed by atoms with Crippen molar-refractivity contribution < 1.29 is 9.59 Å². The predicted molar refractivity (Wildman–Crippen MR) is 107 cm³/mol. The van der Waals surface area contributed by atoms with Crippen LogP contribution in [0.15, 0.2) is 49.2 Å². The number of nitrogens with zero attached hydrogens (tertiary/aromatic N) is 6. The molecule has 0 unspecified atom stereocenters. The van der Waals surface area contributed by atoms with Crippen LogP contribution in [0.5, 0.6) is 0 Å². The Morgan fingerprint density at radius 2 is 2.20 bits per heavy atom. The molecule has 154 valence electrons. The molecule has 30 heavy (non-hydrogen) atoms. The van der Waals surface area contributed by atoms with E-state index in [9.17, 15) is 9.59 Å². The predicted octanol–water partition coefficient (Wildman–Crippen LogP) is 1.12. The number of benzene rings is 1. The fourth-order valence-electron chi connectivity index (χ4n) is 3.83. The molecule has 1 aromatic carbocycles. The molecular formula is C20H22N8O2. The molecule has 10 nitrogen and oxygen atoms in total. The Labute approximate surface area is 172 Å². The second-order valence-corrected chi connectivity index (χ2v) is 7.66. The highest BCUT2D eigenvalue weighted by Gasteiger charge is 2.33. The van der Waals surface area contributed by atoms with E-state index in [0.29, 0.717) is 25.2 Å². The molecule has 3 heterocycles. The van der Waals surface area contributed by atoms with Crippen molar-refractivity contribution in [2.24, 2.45) is 0 Å². The molecule has 0 bridgehead atoms. The van der Waals surface area contributed by atoms with Gasteiger partial charge in [-0.3, -0.25) is 4.79 Å². The smallest absolute Gasteiger partial charge is 0.317 e. The third kappa shape index (κ3) is 3.63. The molecule has 3 amide bonds. The zero-order valence-corrected chi connectivity index (χ0v) is 16.3. The molecule has 5 rings (SSSR count). The molecule has 1 saturated carbocycles. The SMILES string of the molecule is O=C(NC1CC(n2cc(CN3CCNC3=O)nn2)C1)c1cccc(-n2ccnc2)c1. The highest BCUT2D eigenvalue weighted by Crippen LogP contribution is 2.32. The summed E-state index contributed by atoms with van der Waals surface area (Å²) in [5, 5.41) is 14.3. The van der Waals surface area contributed by atoms with Crippen LogP contribution >= 0.6 is 0 Å². The third-order valence-corrected chi connectivity index (χ3v) is 5.59. The molecular weight excluding hydrogens is 384 g/mol. The average molecular weight is 406 g/mol. The van der Waals surface area contributed by atoms with Gasteiger partial charge in [0.2, 0.25) is 0 Å². The van der Waals surface area contributed by atoms with Crippen molar-refractivity contribution in [2.45, 2.75) is 31.5 Å². The van der Waals surface area contributed by atoms with Crippen LogP contribution in [0, 0.1) is 0 Å². The van der Waals surface area contributed by atoms with E-state index in [1.165, 1.54) is 0 Å². The second kappa shape index (κ2) is 7.62. The van der Waals surface area contributed by atoms with E-state index < -0.39 is 0 Å². The fourth-order valence-corrected chi connectivity index (χ4v) is 3.83. The Morgan fingerprint density at radius 3 is 2.97 bits per heavy atom. The van der Waals surface area contributed by atoms with Gasteiger partial charge in [-0.15, -0.1) is 5.10 Å². The lowest BCUT2D eigenvalue weighted by Gasteiger charge is -2.35. The van der Waals surface area contributed by atoms with Crippen molar-refractivity contribution in [1.29, 1.82) is 0 Å². The van der Waals surface area contributed by atoms with Gasteiger partial charge < -0.3 is 20.1 Å². The molecule has 10 heteroatoms. The van der Waals surface area contributed by atoms with E-state index in [1.54, 1.807) is 17.4 Å². The van der Waals surface area contributed by atoms with Crippen LogP contribution in [0.2, 0.25) is 0 Å². The van der Waals surface area contributed by atoms with Crippen molar-refractivity contribution in [3.05, 3.63) is 60.4 Å². The van der Waals surface area contributed by atoms with Gasteiger partial charge >= 0.3 is 6.03 Å². The van der Waals surface area contributed by atoms with Crippen molar-refractivity contribution in [1.82, 2.24) is 40.1 Å². The van der Waals surface area contributed by atoms with Gasteiger partial charge in [0.15, 0.2) is 0 Å². The minimum atomic E-state index is -0.0836. The molecule has 1 aliphatic heterocycles. The molecule has 3 aromatic rings. The fraction of sp³-hybridized carbons (Fsp3) is 0.350. The molecule has 2 fully saturated rings. The number of carbonyl (C=O) groups is 2. The number of carbonyl (C=O) groups excluding carboxylic acids is 2. The number of imidazole rings is 1. The molecule has 0 atom stereocenters. The molecule has 0 spiro atoms. The first-order chi connectivity index (χ1) is 14.7. The van der Waals surface area contributed by atoms with Crippen molar-refractivity contribution in [2.75, 3.05) is 13.1 Å². The molecule has 0 radical (unpaired) electrons. The Morgan fingerprint density at radius 1 is 1.30 bits per heavy atom. The van der Waals surface area contributed by atoms with Crippen molar-refractivity contribution in [3.8, 4) is 5.69 Å². The maximum Gasteiger partial charge on any atom is 0.317 e. The maximum absolute atomic E-state index is 12.6. The highest BCUT2D eigenvalue weighted by atomic mass is 16.2. The molecule has 2 aliphatic rings. The number of amides is 3. The molecule has 2 N–H and O–H groups in total. The van der Waals surface area contributed by atoms with Gasteiger partial charge in [-0.1, -0.05) is 11.3 Å².